The fourth-order valence-electron chi connectivity index (χ4n) is 2.91. The van der Waals surface area contributed by atoms with Crippen LogP contribution >= 0.6 is 0 Å². The lowest BCUT2D eigenvalue weighted by atomic mass is 10.1. The number of nitro groups is 1. The lowest BCUT2D eigenvalue weighted by molar-refractivity contribution is -0.386. The van der Waals surface area contributed by atoms with Crippen molar-refractivity contribution in [3.05, 3.63) is 57.1 Å². The molecule has 2 rings (SSSR count). The molecule has 7 nitrogen and oxygen atoms in total. The van der Waals surface area contributed by atoms with E-state index in [0.29, 0.717) is 12.2 Å². The van der Waals surface area contributed by atoms with Crippen LogP contribution in [0.1, 0.15) is 36.8 Å². The normalized spacial score (nSPS) is 12.0. The Kier molecular flexibility index (Phi) is 5.51. The number of carbonyl (C=O) groups excluding carboxylic acids is 1. The van der Waals surface area contributed by atoms with Crippen molar-refractivity contribution in [2.75, 3.05) is 6.54 Å². The Morgan fingerprint density at radius 1 is 1.36 bits per heavy atom. The minimum absolute atomic E-state index is 0.0672. The zero-order valence-electron chi connectivity index (χ0n) is 14.7. The molecular formula is C17H21FN4O3. The van der Waals surface area contributed by atoms with E-state index in [1.54, 1.807) is 30.9 Å². The Bertz CT molecular complexity index is 786. The minimum atomic E-state index is -0.489. The van der Waals surface area contributed by atoms with Gasteiger partial charge < -0.3 is 4.90 Å². The van der Waals surface area contributed by atoms with Crippen LogP contribution in [0.4, 0.5) is 10.1 Å². The van der Waals surface area contributed by atoms with Gasteiger partial charge in [0.15, 0.2) is 0 Å². The molecule has 1 aromatic carbocycles. The minimum Gasteiger partial charge on any atom is -0.335 e. The Morgan fingerprint density at radius 3 is 2.44 bits per heavy atom. The second-order valence-electron chi connectivity index (χ2n) is 5.84. The summed E-state index contributed by atoms with van der Waals surface area (Å²) in [5, 5.41) is 15.2. The molecule has 0 N–H and O–H groups in total. The van der Waals surface area contributed by atoms with Gasteiger partial charge >= 0.3 is 5.69 Å². The molecule has 0 aliphatic heterocycles. The van der Waals surface area contributed by atoms with E-state index in [1.807, 2.05) is 13.8 Å². The summed E-state index contributed by atoms with van der Waals surface area (Å²) in [4.78, 5) is 24.9. The number of aromatic nitrogens is 2. The third-order valence-electron chi connectivity index (χ3n) is 4.29. The van der Waals surface area contributed by atoms with E-state index in [4.69, 9.17) is 0 Å². The number of rotatable bonds is 6. The average Bonchev–Trinajstić information content (AvgIpc) is 2.82. The van der Waals surface area contributed by atoms with Crippen LogP contribution in [0.15, 0.2) is 24.3 Å². The lowest BCUT2D eigenvalue weighted by Gasteiger charge is -2.28. The van der Waals surface area contributed by atoms with Gasteiger partial charge in [-0.1, -0.05) is 12.1 Å². The third kappa shape index (κ3) is 3.84. The van der Waals surface area contributed by atoms with Gasteiger partial charge in [0.1, 0.15) is 23.7 Å². The maximum absolute atomic E-state index is 13.1. The first-order valence-corrected chi connectivity index (χ1v) is 7.99. The number of aryl methyl sites for hydroxylation is 1. The van der Waals surface area contributed by atoms with E-state index in [1.165, 1.54) is 16.8 Å². The second kappa shape index (κ2) is 7.42. The van der Waals surface area contributed by atoms with Crippen LogP contribution in [0.2, 0.25) is 0 Å². The molecule has 0 spiro atoms. The molecular weight excluding hydrogens is 327 g/mol. The van der Waals surface area contributed by atoms with E-state index in [0.717, 1.165) is 5.56 Å². The molecule has 0 saturated carbocycles. The molecule has 1 amide bonds. The summed E-state index contributed by atoms with van der Waals surface area (Å²) in [5.41, 5.74) is 1.38. The number of benzene rings is 1. The Morgan fingerprint density at radius 2 is 1.96 bits per heavy atom. The summed E-state index contributed by atoms with van der Waals surface area (Å²) in [7, 11) is 0. The molecule has 0 bridgehead atoms. The highest BCUT2D eigenvalue weighted by Crippen LogP contribution is 2.24. The summed E-state index contributed by atoms with van der Waals surface area (Å²) in [5.74, 6) is -0.542. The Labute approximate surface area is 145 Å². The van der Waals surface area contributed by atoms with Crippen LogP contribution in [0.25, 0.3) is 0 Å². The van der Waals surface area contributed by atoms with Crippen molar-refractivity contribution < 1.29 is 14.1 Å². The molecule has 8 heteroatoms. The summed E-state index contributed by atoms with van der Waals surface area (Å²) in [6, 6.07) is 5.75. The molecule has 1 unspecified atom stereocenters. The van der Waals surface area contributed by atoms with Crippen molar-refractivity contribution in [2.45, 2.75) is 40.3 Å². The van der Waals surface area contributed by atoms with Crippen molar-refractivity contribution in [1.29, 1.82) is 0 Å². The van der Waals surface area contributed by atoms with Gasteiger partial charge in [0, 0.05) is 6.54 Å². The number of nitrogens with zero attached hydrogens (tertiary/aromatic N) is 4. The third-order valence-corrected chi connectivity index (χ3v) is 4.29. The standard InChI is InChI=1S/C17H21FN4O3/c1-5-20(12(3)14-6-8-15(18)9-7-14)16(23)10-21-13(4)17(22(24)25)11(2)19-21/h6-9,12H,5,10H2,1-4H3. The number of halogens is 1. The van der Waals surface area contributed by atoms with Crippen LogP contribution in [-0.2, 0) is 11.3 Å². The quantitative estimate of drug-likeness (QED) is 0.593. The molecule has 0 fully saturated rings. The summed E-state index contributed by atoms with van der Waals surface area (Å²) in [6.07, 6.45) is 0. The van der Waals surface area contributed by atoms with Gasteiger partial charge in [0.2, 0.25) is 5.91 Å². The molecule has 25 heavy (non-hydrogen) atoms. The van der Waals surface area contributed by atoms with Crippen LogP contribution in [0.3, 0.4) is 0 Å². The predicted octanol–water partition coefficient (Wildman–Crippen LogP) is 3.16. The number of carbonyl (C=O) groups is 1. The molecule has 0 aliphatic carbocycles. The van der Waals surface area contributed by atoms with Crippen LogP contribution in [0, 0.1) is 29.8 Å². The molecule has 0 radical (unpaired) electrons. The summed E-state index contributed by atoms with van der Waals surface area (Å²) < 4.78 is 14.4. The molecule has 0 aliphatic rings. The van der Waals surface area contributed by atoms with Gasteiger partial charge in [0.25, 0.3) is 0 Å². The molecule has 134 valence electrons. The smallest absolute Gasteiger partial charge is 0.312 e. The fraction of sp³-hybridized carbons (Fsp3) is 0.412. The van der Waals surface area contributed by atoms with E-state index in [9.17, 15) is 19.3 Å². The van der Waals surface area contributed by atoms with Crippen molar-refractivity contribution in [2.24, 2.45) is 0 Å². The van der Waals surface area contributed by atoms with Crippen molar-refractivity contribution in [3.8, 4) is 0 Å². The highest BCUT2D eigenvalue weighted by Gasteiger charge is 2.25. The number of likely N-dealkylation sites (N-methyl/N-ethyl adjacent to an activating group) is 1. The largest absolute Gasteiger partial charge is 0.335 e. The molecule has 1 heterocycles. The van der Waals surface area contributed by atoms with Gasteiger partial charge in [-0.15, -0.1) is 0 Å². The monoisotopic (exact) mass is 348 g/mol. The maximum Gasteiger partial charge on any atom is 0.312 e. The fourth-order valence-corrected chi connectivity index (χ4v) is 2.91. The second-order valence-corrected chi connectivity index (χ2v) is 5.84. The number of amides is 1. The van der Waals surface area contributed by atoms with E-state index in [2.05, 4.69) is 5.10 Å². The lowest BCUT2D eigenvalue weighted by Crippen LogP contribution is -2.36. The Balaban J connectivity index is 2.22. The molecule has 1 aromatic heterocycles. The first kappa shape index (κ1) is 18.6. The predicted molar refractivity (Wildman–Crippen MR) is 90.6 cm³/mol. The van der Waals surface area contributed by atoms with E-state index in [-0.39, 0.29) is 35.7 Å². The SMILES string of the molecule is CCN(C(=O)Cn1nc(C)c([N+](=O)[O-])c1C)C(C)c1ccc(F)cc1. The van der Waals surface area contributed by atoms with Crippen LogP contribution < -0.4 is 0 Å². The van der Waals surface area contributed by atoms with Gasteiger partial charge in [-0.3, -0.25) is 19.6 Å². The number of hydrogen-bond acceptors (Lipinski definition) is 4. The average molecular weight is 348 g/mol. The molecule has 1 atom stereocenters. The van der Waals surface area contributed by atoms with Crippen molar-refractivity contribution in [1.82, 2.24) is 14.7 Å². The highest BCUT2D eigenvalue weighted by atomic mass is 19.1. The summed E-state index contributed by atoms with van der Waals surface area (Å²) in [6.45, 7) is 7.20. The van der Waals surface area contributed by atoms with Crippen LogP contribution in [0.5, 0.6) is 0 Å². The van der Waals surface area contributed by atoms with E-state index >= 15 is 0 Å². The highest BCUT2D eigenvalue weighted by molar-refractivity contribution is 5.76. The first-order chi connectivity index (χ1) is 11.8. The van der Waals surface area contributed by atoms with Crippen LogP contribution in [-0.4, -0.2) is 32.1 Å². The van der Waals surface area contributed by atoms with Crippen molar-refractivity contribution >= 4 is 11.6 Å². The van der Waals surface area contributed by atoms with Gasteiger partial charge in [-0.2, -0.15) is 5.10 Å². The van der Waals surface area contributed by atoms with Gasteiger partial charge in [0.05, 0.1) is 11.0 Å². The van der Waals surface area contributed by atoms with Crippen molar-refractivity contribution in [3.63, 3.8) is 0 Å². The van der Waals surface area contributed by atoms with E-state index < -0.39 is 4.92 Å². The Hall–Kier alpha value is -2.77. The first-order valence-electron chi connectivity index (χ1n) is 7.99. The zero-order valence-corrected chi connectivity index (χ0v) is 14.7. The maximum atomic E-state index is 13.1. The molecule has 0 saturated heterocycles. The summed E-state index contributed by atoms with van der Waals surface area (Å²) >= 11 is 0. The number of hydrogen-bond donors (Lipinski definition) is 0. The van der Waals surface area contributed by atoms with Gasteiger partial charge in [-0.05, 0) is 45.4 Å². The molecule has 2 aromatic rings. The van der Waals surface area contributed by atoms with Gasteiger partial charge in [-0.25, -0.2) is 4.39 Å². The zero-order chi connectivity index (χ0) is 18.7. The topological polar surface area (TPSA) is 81.3 Å².